The minimum atomic E-state index is -1.21. The summed E-state index contributed by atoms with van der Waals surface area (Å²) >= 11 is 5.97. The molecule has 0 spiro atoms. The second-order valence-corrected chi connectivity index (χ2v) is 9.11. The summed E-state index contributed by atoms with van der Waals surface area (Å²) in [5.41, 5.74) is 4.35. The number of alkyl carbamates (subject to hydrolysis) is 1. The van der Waals surface area contributed by atoms with Crippen LogP contribution in [-0.4, -0.2) is 35.7 Å². The van der Waals surface area contributed by atoms with E-state index in [0.717, 1.165) is 22.3 Å². The van der Waals surface area contributed by atoms with E-state index in [9.17, 15) is 19.5 Å². The Bertz CT molecular complexity index is 1240. The molecule has 7 nitrogen and oxygen atoms in total. The van der Waals surface area contributed by atoms with Crippen molar-refractivity contribution in [1.29, 1.82) is 0 Å². The van der Waals surface area contributed by atoms with Gasteiger partial charge < -0.3 is 20.5 Å². The first-order chi connectivity index (χ1) is 16.8. The number of ether oxygens (including phenoxy) is 1. The summed E-state index contributed by atoms with van der Waals surface area (Å²) in [6.45, 7) is 3.65. The minimum absolute atomic E-state index is 0.0509. The van der Waals surface area contributed by atoms with Crippen LogP contribution in [0.2, 0.25) is 5.02 Å². The number of hydrogen-bond donors (Lipinski definition) is 3. The van der Waals surface area contributed by atoms with Crippen LogP contribution in [0.15, 0.2) is 66.7 Å². The van der Waals surface area contributed by atoms with Crippen LogP contribution < -0.4 is 10.6 Å². The average Bonchev–Trinajstić information content (AvgIpc) is 3.14. The summed E-state index contributed by atoms with van der Waals surface area (Å²) in [5, 5.41) is 14.9. The van der Waals surface area contributed by atoms with Gasteiger partial charge in [-0.15, -0.1) is 0 Å². The van der Waals surface area contributed by atoms with Crippen molar-refractivity contribution >= 4 is 35.3 Å². The highest BCUT2D eigenvalue weighted by atomic mass is 35.5. The van der Waals surface area contributed by atoms with E-state index < -0.39 is 24.0 Å². The third-order valence-corrected chi connectivity index (χ3v) is 6.27. The Labute approximate surface area is 208 Å². The number of carboxylic acid groups (broad SMARTS) is 1. The zero-order valence-corrected chi connectivity index (χ0v) is 20.0. The summed E-state index contributed by atoms with van der Waals surface area (Å²) < 4.78 is 5.56. The number of halogens is 1. The average molecular weight is 493 g/mol. The third-order valence-electron chi connectivity index (χ3n) is 6.04. The molecule has 1 atom stereocenters. The molecule has 0 aromatic heterocycles. The smallest absolute Gasteiger partial charge is 0.407 e. The van der Waals surface area contributed by atoms with Crippen LogP contribution in [0.4, 0.5) is 10.5 Å². The van der Waals surface area contributed by atoms with E-state index in [4.69, 9.17) is 16.3 Å². The zero-order chi connectivity index (χ0) is 25.1. The van der Waals surface area contributed by atoms with E-state index in [1.54, 1.807) is 13.8 Å². The van der Waals surface area contributed by atoms with Crippen LogP contribution in [-0.2, 0) is 9.53 Å². The molecule has 3 aromatic carbocycles. The van der Waals surface area contributed by atoms with Crippen molar-refractivity contribution < 1.29 is 24.2 Å². The number of carbonyl (C=O) groups excluding carboxylic acids is 2. The van der Waals surface area contributed by atoms with Gasteiger partial charge in [0.1, 0.15) is 12.6 Å². The van der Waals surface area contributed by atoms with Gasteiger partial charge in [-0.05, 0) is 46.4 Å². The molecule has 0 heterocycles. The summed E-state index contributed by atoms with van der Waals surface area (Å²) in [6.07, 6.45) is -0.731. The lowest BCUT2D eigenvalue weighted by Crippen LogP contribution is -2.47. The first-order valence-electron chi connectivity index (χ1n) is 11.2. The van der Waals surface area contributed by atoms with Gasteiger partial charge in [0, 0.05) is 10.9 Å². The molecule has 8 heteroatoms. The number of aromatic carboxylic acids is 1. The fraction of sp³-hybridized carbons (Fsp3) is 0.222. The van der Waals surface area contributed by atoms with Gasteiger partial charge in [0.2, 0.25) is 5.91 Å². The molecular weight excluding hydrogens is 468 g/mol. The molecular formula is C27H25ClN2O5. The molecule has 0 bridgehead atoms. The Morgan fingerprint density at radius 1 is 0.971 bits per heavy atom. The second kappa shape index (κ2) is 10.2. The molecule has 1 aliphatic carbocycles. The molecule has 35 heavy (non-hydrogen) atoms. The molecule has 2 amide bonds. The van der Waals surface area contributed by atoms with Crippen molar-refractivity contribution in [3.8, 4) is 11.1 Å². The predicted molar refractivity (Wildman–Crippen MR) is 134 cm³/mol. The largest absolute Gasteiger partial charge is 0.478 e. The lowest BCUT2D eigenvalue weighted by atomic mass is 9.98. The lowest BCUT2D eigenvalue weighted by molar-refractivity contribution is -0.119. The number of carboxylic acids is 1. The van der Waals surface area contributed by atoms with Crippen LogP contribution >= 0.6 is 11.6 Å². The van der Waals surface area contributed by atoms with Crippen molar-refractivity contribution in [2.45, 2.75) is 25.8 Å². The molecule has 4 rings (SSSR count). The quantitative estimate of drug-likeness (QED) is 0.401. The zero-order valence-electron chi connectivity index (χ0n) is 19.2. The highest BCUT2D eigenvalue weighted by Gasteiger charge is 2.30. The molecule has 0 unspecified atom stereocenters. The summed E-state index contributed by atoms with van der Waals surface area (Å²) in [7, 11) is 0. The standard InChI is InChI=1S/C27H25ClN2O5/c1-15(2)24(25(31)29-23-13-16(28)11-12-21(23)26(32)33)30-27(34)35-14-22-19-9-5-3-7-17(19)18-8-4-6-10-20(18)22/h3-13,15,22,24H,14H2,1-2H3,(H,29,31)(H,30,34)(H,32,33)/t24-/m0/s1. The van der Waals surface area contributed by atoms with E-state index in [-0.39, 0.29) is 34.7 Å². The Balaban J connectivity index is 1.45. The maximum Gasteiger partial charge on any atom is 0.407 e. The van der Waals surface area contributed by atoms with Crippen molar-refractivity contribution in [2.24, 2.45) is 5.92 Å². The molecule has 0 fully saturated rings. The monoisotopic (exact) mass is 492 g/mol. The molecule has 1 aliphatic rings. The van der Waals surface area contributed by atoms with Gasteiger partial charge in [0.05, 0.1) is 11.3 Å². The maximum atomic E-state index is 12.9. The molecule has 0 saturated carbocycles. The normalized spacial score (nSPS) is 13.0. The van der Waals surface area contributed by atoms with Crippen LogP contribution in [0.3, 0.4) is 0 Å². The van der Waals surface area contributed by atoms with Crippen molar-refractivity contribution in [1.82, 2.24) is 5.32 Å². The lowest BCUT2D eigenvalue weighted by Gasteiger charge is -2.22. The Kier molecular flexibility index (Phi) is 7.07. The maximum absolute atomic E-state index is 12.9. The van der Waals surface area contributed by atoms with Crippen molar-refractivity contribution in [2.75, 3.05) is 11.9 Å². The second-order valence-electron chi connectivity index (χ2n) is 8.68. The molecule has 0 radical (unpaired) electrons. The number of benzene rings is 3. The first-order valence-corrected chi connectivity index (χ1v) is 11.6. The molecule has 180 valence electrons. The molecule has 0 aliphatic heterocycles. The number of carbonyl (C=O) groups is 3. The number of fused-ring (bicyclic) bond motifs is 3. The summed E-state index contributed by atoms with van der Waals surface area (Å²) in [5.74, 6) is -2.17. The number of amides is 2. The summed E-state index contributed by atoms with van der Waals surface area (Å²) in [4.78, 5) is 37.1. The fourth-order valence-electron chi connectivity index (χ4n) is 4.32. The predicted octanol–water partition coefficient (Wildman–Crippen LogP) is 5.54. The van der Waals surface area contributed by atoms with Gasteiger partial charge in [0.25, 0.3) is 0 Å². The van der Waals surface area contributed by atoms with E-state index in [2.05, 4.69) is 22.8 Å². The summed E-state index contributed by atoms with van der Waals surface area (Å²) in [6, 6.07) is 19.2. The van der Waals surface area contributed by atoms with Crippen LogP contribution in [0, 0.1) is 5.92 Å². The Hall–Kier alpha value is -3.84. The van der Waals surface area contributed by atoms with Gasteiger partial charge in [0.15, 0.2) is 0 Å². The van der Waals surface area contributed by atoms with Gasteiger partial charge >= 0.3 is 12.1 Å². The van der Waals surface area contributed by atoms with Crippen LogP contribution in [0.5, 0.6) is 0 Å². The number of hydrogen-bond acceptors (Lipinski definition) is 4. The Morgan fingerprint density at radius 3 is 2.14 bits per heavy atom. The van der Waals surface area contributed by atoms with Crippen molar-refractivity contribution in [3.63, 3.8) is 0 Å². The first kappa shape index (κ1) is 24.3. The SMILES string of the molecule is CC(C)[C@H](NC(=O)OCC1c2ccccc2-c2ccccc21)C(=O)Nc1cc(Cl)ccc1C(=O)O. The van der Waals surface area contributed by atoms with Crippen LogP contribution in [0.25, 0.3) is 11.1 Å². The fourth-order valence-corrected chi connectivity index (χ4v) is 4.49. The number of nitrogens with one attached hydrogen (secondary N) is 2. The molecule has 3 aromatic rings. The highest BCUT2D eigenvalue weighted by molar-refractivity contribution is 6.31. The van der Waals surface area contributed by atoms with Crippen molar-refractivity contribution in [3.05, 3.63) is 88.4 Å². The highest BCUT2D eigenvalue weighted by Crippen LogP contribution is 2.44. The Morgan fingerprint density at radius 2 is 1.57 bits per heavy atom. The van der Waals surface area contributed by atoms with Gasteiger partial charge in [-0.25, -0.2) is 9.59 Å². The van der Waals surface area contributed by atoms with Gasteiger partial charge in [-0.2, -0.15) is 0 Å². The van der Waals surface area contributed by atoms with E-state index in [1.807, 2.05) is 36.4 Å². The molecule has 3 N–H and O–H groups in total. The van der Waals surface area contributed by atoms with Gasteiger partial charge in [-0.1, -0.05) is 74.0 Å². The van der Waals surface area contributed by atoms with E-state index in [1.165, 1.54) is 18.2 Å². The van der Waals surface area contributed by atoms with E-state index >= 15 is 0 Å². The number of rotatable bonds is 7. The van der Waals surface area contributed by atoms with Crippen LogP contribution in [0.1, 0.15) is 41.3 Å². The minimum Gasteiger partial charge on any atom is -0.478 e. The third kappa shape index (κ3) is 5.15. The number of anilines is 1. The van der Waals surface area contributed by atoms with Gasteiger partial charge in [-0.3, -0.25) is 4.79 Å². The van der Waals surface area contributed by atoms with E-state index in [0.29, 0.717) is 0 Å². The topological polar surface area (TPSA) is 105 Å². The molecule has 0 saturated heterocycles.